The van der Waals surface area contributed by atoms with E-state index >= 15 is 0 Å². The molecule has 4 aromatic heterocycles. The molecule has 9 heteroatoms. The maximum absolute atomic E-state index is 13.1. The second kappa shape index (κ2) is 6.38. The fourth-order valence-corrected chi connectivity index (χ4v) is 3.54. The van der Waals surface area contributed by atoms with Crippen molar-refractivity contribution in [3.63, 3.8) is 0 Å². The summed E-state index contributed by atoms with van der Waals surface area (Å²) in [5.41, 5.74) is 2.27. The van der Waals surface area contributed by atoms with Crippen molar-refractivity contribution >= 4 is 16.7 Å². The van der Waals surface area contributed by atoms with Crippen LogP contribution in [0.15, 0.2) is 66.0 Å². The molecule has 0 spiro atoms. The van der Waals surface area contributed by atoms with E-state index in [4.69, 9.17) is 9.47 Å². The molecule has 0 saturated carbocycles. The quantitative estimate of drug-likeness (QED) is 0.460. The summed E-state index contributed by atoms with van der Waals surface area (Å²) in [4.78, 5) is 25.9. The standard InChI is InChI=1S/C21H14N6O3/c28-20-15-10-23-21-24-19(14-3-6-22-7-4-14)25-27(21)16(15)5-8-26(20)11-13-1-2-17-18(9-13)30-12-29-17/h1-10H,11-12H2. The van der Waals surface area contributed by atoms with Crippen LogP contribution in [0.3, 0.4) is 0 Å². The lowest BCUT2D eigenvalue weighted by Crippen LogP contribution is -2.21. The molecule has 0 fully saturated rings. The first kappa shape index (κ1) is 16.7. The Hall–Kier alpha value is -4.27. The van der Waals surface area contributed by atoms with Gasteiger partial charge in [-0.05, 0) is 35.9 Å². The molecule has 0 amide bonds. The summed E-state index contributed by atoms with van der Waals surface area (Å²) in [6.45, 7) is 0.624. The average Bonchev–Trinajstić information content (AvgIpc) is 3.43. The van der Waals surface area contributed by atoms with E-state index < -0.39 is 0 Å². The molecule has 0 N–H and O–H groups in total. The van der Waals surface area contributed by atoms with Gasteiger partial charge < -0.3 is 14.0 Å². The summed E-state index contributed by atoms with van der Waals surface area (Å²) < 4.78 is 14.0. The number of hydrogen-bond acceptors (Lipinski definition) is 7. The molecule has 5 aromatic rings. The molecule has 1 aliphatic rings. The van der Waals surface area contributed by atoms with E-state index in [1.54, 1.807) is 33.9 Å². The fraction of sp³-hybridized carbons (Fsp3) is 0.0952. The highest BCUT2D eigenvalue weighted by atomic mass is 16.7. The number of benzene rings is 1. The van der Waals surface area contributed by atoms with Gasteiger partial charge in [0, 0.05) is 30.4 Å². The Morgan fingerprint density at radius 1 is 1.03 bits per heavy atom. The van der Waals surface area contributed by atoms with Crippen LogP contribution in [-0.4, -0.2) is 35.9 Å². The Kier molecular flexibility index (Phi) is 3.54. The van der Waals surface area contributed by atoms with Crippen LogP contribution in [0.4, 0.5) is 0 Å². The van der Waals surface area contributed by atoms with Gasteiger partial charge in [-0.1, -0.05) is 6.07 Å². The first-order valence-electron chi connectivity index (χ1n) is 9.30. The lowest BCUT2D eigenvalue weighted by atomic mass is 10.2. The van der Waals surface area contributed by atoms with Crippen molar-refractivity contribution in [2.24, 2.45) is 0 Å². The van der Waals surface area contributed by atoms with Crippen LogP contribution in [0.5, 0.6) is 11.5 Å². The van der Waals surface area contributed by atoms with E-state index in [9.17, 15) is 4.79 Å². The van der Waals surface area contributed by atoms with Gasteiger partial charge in [-0.15, -0.1) is 5.10 Å². The van der Waals surface area contributed by atoms with E-state index in [1.807, 2.05) is 36.4 Å². The van der Waals surface area contributed by atoms with Crippen molar-refractivity contribution in [3.05, 3.63) is 77.1 Å². The second-order valence-corrected chi connectivity index (χ2v) is 6.88. The fourth-order valence-electron chi connectivity index (χ4n) is 3.54. The van der Waals surface area contributed by atoms with Crippen molar-refractivity contribution in [2.75, 3.05) is 6.79 Å². The predicted octanol–water partition coefficient (Wildman–Crippen LogP) is 2.28. The number of hydrogen-bond donors (Lipinski definition) is 0. The predicted molar refractivity (Wildman–Crippen MR) is 107 cm³/mol. The van der Waals surface area contributed by atoms with Crippen LogP contribution in [0.1, 0.15) is 5.56 Å². The molecule has 0 bridgehead atoms. The van der Waals surface area contributed by atoms with Gasteiger partial charge in [0.2, 0.25) is 6.79 Å². The van der Waals surface area contributed by atoms with Gasteiger partial charge in [0.25, 0.3) is 11.3 Å². The zero-order valence-corrected chi connectivity index (χ0v) is 15.6. The van der Waals surface area contributed by atoms with Crippen LogP contribution in [0.25, 0.3) is 28.1 Å². The molecule has 6 rings (SSSR count). The summed E-state index contributed by atoms with van der Waals surface area (Å²) in [5.74, 6) is 2.37. The van der Waals surface area contributed by atoms with Crippen LogP contribution < -0.4 is 15.0 Å². The van der Waals surface area contributed by atoms with Gasteiger partial charge in [0.1, 0.15) is 0 Å². The van der Waals surface area contributed by atoms with Crippen molar-refractivity contribution in [1.82, 2.24) is 29.1 Å². The molecule has 0 unspecified atom stereocenters. The van der Waals surface area contributed by atoms with Crippen molar-refractivity contribution in [1.29, 1.82) is 0 Å². The van der Waals surface area contributed by atoms with Crippen molar-refractivity contribution in [3.8, 4) is 22.9 Å². The summed E-state index contributed by atoms with van der Waals surface area (Å²) in [5, 5.41) is 5.01. The van der Waals surface area contributed by atoms with Gasteiger partial charge in [-0.25, -0.2) is 4.98 Å². The molecule has 0 atom stereocenters. The maximum Gasteiger partial charge on any atom is 0.261 e. The van der Waals surface area contributed by atoms with E-state index in [-0.39, 0.29) is 12.4 Å². The third-order valence-electron chi connectivity index (χ3n) is 5.04. The molecule has 30 heavy (non-hydrogen) atoms. The van der Waals surface area contributed by atoms with E-state index in [0.29, 0.717) is 40.5 Å². The normalized spacial score (nSPS) is 12.7. The first-order chi connectivity index (χ1) is 14.8. The van der Waals surface area contributed by atoms with Gasteiger partial charge in [0.15, 0.2) is 17.3 Å². The second-order valence-electron chi connectivity index (χ2n) is 6.88. The Morgan fingerprint density at radius 2 is 1.90 bits per heavy atom. The van der Waals surface area contributed by atoms with Crippen LogP contribution in [0.2, 0.25) is 0 Å². The highest BCUT2D eigenvalue weighted by molar-refractivity contribution is 5.79. The summed E-state index contributed by atoms with van der Waals surface area (Å²) in [6, 6.07) is 11.2. The van der Waals surface area contributed by atoms with Crippen molar-refractivity contribution in [2.45, 2.75) is 6.54 Å². The van der Waals surface area contributed by atoms with Crippen LogP contribution in [-0.2, 0) is 6.54 Å². The molecule has 0 aliphatic carbocycles. The Bertz CT molecular complexity index is 1480. The van der Waals surface area contributed by atoms with Gasteiger partial charge in [-0.2, -0.15) is 9.50 Å². The Balaban J connectivity index is 1.43. The lowest BCUT2D eigenvalue weighted by molar-refractivity contribution is 0.174. The zero-order valence-electron chi connectivity index (χ0n) is 15.6. The molecule has 1 aromatic carbocycles. The maximum atomic E-state index is 13.1. The highest BCUT2D eigenvalue weighted by Gasteiger charge is 2.15. The number of fused-ring (bicyclic) bond motifs is 4. The number of pyridine rings is 2. The SMILES string of the molecule is O=c1c2cnc3nc(-c4ccncc4)nn3c2ccn1Cc1ccc2c(c1)OCO2. The number of aromatic nitrogens is 6. The summed E-state index contributed by atoms with van der Waals surface area (Å²) in [7, 11) is 0. The molecule has 0 saturated heterocycles. The monoisotopic (exact) mass is 398 g/mol. The van der Waals surface area contributed by atoms with Crippen molar-refractivity contribution < 1.29 is 9.47 Å². The van der Waals surface area contributed by atoms with Gasteiger partial charge >= 0.3 is 0 Å². The molecule has 5 heterocycles. The Labute approximate surface area is 169 Å². The Morgan fingerprint density at radius 3 is 2.80 bits per heavy atom. The number of ether oxygens (including phenoxy) is 2. The number of rotatable bonds is 3. The minimum atomic E-state index is -0.152. The summed E-state index contributed by atoms with van der Waals surface area (Å²) >= 11 is 0. The third-order valence-corrected chi connectivity index (χ3v) is 5.04. The molecular formula is C21H14N6O3. The minimum Gasteiger partial charge on any atom is -0.454 e. The van der Waals surface area contributed by atoms with Crippen LogP contribution >= 0.6 is 0 Å². The lowest BCUT2D eigenvalue weighted by Gasteiger charge is -2.08. The first-order valence-corrected chi connectivity index (χ1v) is 9.30. The molecule has 9 nitrogen and oxygen atoms in total. The minimum absolute atomic E-state index is 0.152. The zero-order chi connectivity index (χ0) is 20.1. The topological polar surface area (TPSA) is 96.4 Å². The van der Waals surface area contributed by atoms with Gasteiger partial charge in [-0.3, -0.25) is 9.78 Å². The van der Waals surface area contributed by atoms with E-state index in [0.717, 1.165) is 11.1 Å². The average molecular weight is 398 g/mol. The van der Waals surface area contributed by atoms with Crippen LogP contribution in [0, 0.1) is 0 Å². The summed E-state index contributed by atoms with van der Waals surface area (Å²) in [6.07, 6.45) is 6.67. The smallest absolute Gasteiger partial charge is 0.261 e. The largest absolute Gasteiger partial charge is 0.454 e. The highest BCUT2D eigenvalue weighted by Crippen LogP contribution is 2.32. The van der Waals surface area contributed by atoms with E-state index in [1.165, 1.54) is 0 Å². The molecular weight excluding hydrogens is 384 g/mol. The molecule has 1 aliphatic heterocycles. The molecule has 146 valence electrons. The van der Waals surface area contributed by atoms with Gasteiger partial charge in [0.05, 0.1) is 17.4 Å². The molecule has 0 radical (unpaired) electrons. The number of nitrogens with zero attached hydrogens (tertiary/aromatic N) is 6. The van der Waals surface area contributed by atoms with E-state index in [2.05, 4.69) is 20.1 Å². The third kappa shape index (κ3) is 2.60.